The molecule has 1 unspecified atom stereocenters. The number of ether oxygens (including phenoxy) is 2. The summed E-state index contributed by atoms with van der Waals surface area (Å²) >= 11 is 6.22. The number of carbonyl (C=O) groups is 1. The number of methoxy groups -OCH3 is 1. The molecule has 0 amide bonds. The molecule has 0 radical (unpaired) electrons. The molecule has 3 rings (SSSR count). The van der Waals surface area contributed by atoms with Gasteiger partial charge < -0.3 is 15.3 Å². The Kier molecular flexibility index (Phi) is 8.81. The van der Waals surface area contributed by atoms with E-state index in [0.717, 1.165) is 21.2 Å². The molecule has 1 atom stereocenters. The van der Waals surface area contributed by atoms with Gasteiger partial charge in [-0.3, -0.25) is 4.31 Å². The molecule has 0 heterocycles. The maximum Gasteiger partial charge on any atom is 0.329 e. The number of halogens is 1. The van der Waals surface area contributed by atoms with Gasteiger partial charge in [0.2, 0.25) is 0 Å². The Labute approximate surface area is 217 Å². The van der Waals surface area contributed by atoms with E-state index in [4.69, 9.17) is 26.9 Å². The molecule has 36 heavy (non-hydrogen) atoms. The number of nitrogens with two attached hydrogens (primary N) is 1. The Bertz CT molecular complexity index is 1330. The number of allylic oxidation sites excluding steroid dienone is 3. The highest BCUT2D eigenvalue weighted by Gasteiger charge is 2.35. The highest BCUT2D eigenvalue weighted by Crippen LogP contribution is 2.33. The minimum atomic E-state index is -4.22. The molecule has 1 aliphatic rings. The summed E-state index contributed by atoms with van der Waals surface area (Å²) in [5.74, 6) is 5.14. The molecule has 2 N–H and O–H groups in total. The molecular formula is C26H30ClN3O5S. The number of nitrogens with zero attached hydrogens (tertiary/aromatic N) is 2. The van der Waals surface area contributed by atoms with Crippen molar-refractivity contribution in [2.45, 2.75) is 44.6 Å². The lowest BCUT2D eigenvalue weighted by molar-refractivity contribution is -0.141. The van der Waals surface area contributed by atoms with Gasteiger partial charge in [0.1, 0.15) is 16.7 Å². The van der Waals surface area contributed by atoms with E-state index in [0.29, 0.717) is 25.2 Å². The Balaban J connectivity index is 1.93. The van der Waals surface area contributed by atoms with Crippen LogP contribution in [0.4, 0.5) is 5.69 Å². The van der Waals surface area contributed by atoms with Crippen LogP contribution in [-0.2, 0) is 19.6 Å². The summed E-state index contributed by atoms with van der Waals surface area (Å²) < 4.78 is 39.3. The zero-order chi connectivity index (χ0) is 26.5. The second-order valence-corrected chi connectivity index (χ2v) is 10.7. The van der Waals surface area contributed by atoms with Crippen LogP contribution in [-0.4, -0.2) is 39.9 Å². The molecule has 0 bridgehead atoms. The van der Waals surface area contributed by atoms with Crippen LogP contribution in [0.2, 0.25) is 5.02 Å². The molecular weight excluding hydrogens is 502 g/mol. The summed E-state index contributed by atoms with van der Waals surface area (Å²) in [6.07, 6.45) is 5.21. The van der Waals surface area contributed by atoms with Crippen LogP contribution in [0, 0.1) is 6.92 Å². The third-order valence-electron chi connectivity index (χ3n) is 5.83. The number of anilines is 1. The molecule has 2 aromatic rings. The number of carbonyl (C=O) groups excluding carboxylic acids is 1. The lowest BCUT2D eigenvalue weighted by atomic mass is 9.96. The fraction of sp³-hybridized carbons (Fsp3) is 0.308. The van der Waals surface area contributed by atoms with Crippen molar-refractivity contribution in [3.8, 4) is 5.75 Å². The Morgan fingerprint density at radius 1 is 1.19 bits per heavy atom. The fourth-order valence-corrected chi connectivity index (χ4v) is 6.07. The van der Waals surface area contributed by atoms with Crippen molar-refractivity contribution >= 4 is 39.0 Å². The first-order valence-electron chi connectivity index (χ1n) is 11.3. The number of sulfonamides is 1. The smallest absolute Gasteiger partial charge is 0.329 e. The van der Waals surface area contributed by atoms with Crippen LogP contribution < -0.4 is 14.9 Å². The number of aryl methyl sites for hydroxylation is 1. The predicted molar refractivity (Wildman–Crippen MR) is 142 cm³/mol. The SMILES string of the molecule is COC(=O)C(C)N(c1cc(C)cc(OCCC2=C(C)CC(=NN)C=C2)c1)S(=O)(=O)c1ccccc1Cl. The van der Waals surface area contributed by atoms with Gasteiger partial charge in [-0.05, 0) is 62.2 Å². The largest absolute Gasteiger partial charge is 0.493 e. The monoisotopic (exact) mass is 531 g/mol. The molecule has 0 saturated carbocycles. The normalized spacial score (nSPS) is 15.6. The molecule has 0 spiro atoms. The maximum absolute atomic E-state index is 13.7. The molecule has 0 aromatic heterocycles. The standard InChI is InChI=1S/C26H30ClN3O5S/c1-17-13-22(16-23(14-17)35-12-11-20-9-10-21(29-28)15-18(20)2)30(19(3)26(31)34-4)36(32,33)25-8-6-5-7-24(25)27/h5-10,13-14,16,19H,11-12,15,28H2,1-4H3. The van der Waals surface area contributed by atoms with Crippen molar-refractivity contribution in [2.75, 3.05) is 18.0 Å². The Morgan fingerprint density at radius 2 is 1.92 bits per heavy atom. The molecule has 8 nitrogen and oxygen atoms in total. The summed E-state index contributed by atoms with van der Waals surface area (Å²) in [5.41, 5.74) is 4.15. The third-order valence-corrected chi connectivity index (χ3v) is 8.23. The van der Waals surface area contributed by atoms with Gasteiger partial charge in [0.05, 0.1) is 30.1 Å². The number of benzene rings is 2. The summed E-state index contributed by atoms with van der Waals surface area (Å²) in [7, 11) is -3.01. The first-order chi connectivity index (χ1) is 17.1. The van der Waals surface area contributed by atoms with E-state index in [1.807, 2.05) is 32.1 Å². The van der Waals surface area contributed by atoms with Gasteiger partial charge in [-0.15, -0.1) is 0 Å². The topological polar surface area (TPSA) is 111 Å². The molecule has 192 valence electrons. The van der Waals surface area contributed by atoms with Gasteiger partial charge >= 0.3 is 5.97 Å². The molecule has 2 aromatic carbocycles. The van der Waals surface area contributed by atoms with Crippen molar-refractivity contribution in [3.63, 3.8) is 0 Å². The summed E-state index contributed by atoms with van der Waals surface area (Å²) in [4.78, 5) is 12.3. The second kappa shape index (κ2) is 11.6. The Morgan fingerprint density at radius 3 is 2.56 bits per heavy atom. The molecule has 0 aliphatic heterocycles. The van der Waals surface area contributed by atoms with Gasteiger partial charge in [-0.2, -0.15) is 5.10 Å². The van der Waals surface area contributed by atoms with E-state index in [-0.39, 0.29) is 15.6 Å². The highest BCUT2D eigenvalue weighted by molar-refractivity contribution is 7.93. The third kappa shape index (κ3) is 6.09. The summed E-state index contributed by atoms with van der Waals surface area (Å²) in [5, 5.41) is 3.80. The van der Waals surface area contributed by atoms with Crippen molar-refractivity contribution < 1.29 is 22.7 Å². The fourth-order valence-electron chi connectivity index (χ4n) is 3.98. The zero-order valence-corrected chi connectivity index (χ0v) is 22.3. The number of hydrogen-bond acceptors (Lipinski definition) is 7. The quantitative estimate of drug-likeness (QED) is 0.283. The van der Waals surface area contributed by atoms with Gasteiger partial charge in [0.15, 0.2) is 0 Å². The number of rotatable bonds is 9. The van der Waals surface area contributed by atoms with Crippen LogP contribution >= 0.6 is 11.6 Å². The molecule has 1 aliphatic carbocycles. The maximum atomic E-state index is 13.7. The highest BCUT2D eigenvalue weighted by atomic mass is 35.5. The zero-order valence-electron chi connectivity index (χ0n) is 20.7. The average molecular weight is 532 g/mol. The number of hydrogen-bond donors (Lipinski definition) is 1. The van der Waals surface area contributed by atoms with E-state index < -0.39 is 22.0 Å². The van der Waals surface area contributed by atoms with Crippen LogP contribution in [0.25, 0.3) is 0 Å². The van der Waals surface area contributed by atoms with Crippen molar-refractivity contribution in [1.29, 1.82) is 0 Å². The molecule has 0 fully saturated rings. The van der Waals surface area contributed by atoms with Crippen LogP contribution in [0.3, 0.4) is 0 Å². The average Bonchev–Trinajstić information content (AvgIpc) is 2.84. The van der Waals surface area contributed by atoms with Crippen LogP contribution in [0.15, 0.2) is 75.8 Å². The van der Waals surface area contributed by atoms with Gasteiger partial charge in [-0.25, -0.2) is 13.2 Å². The summed E-state index contributed by atoms with van der Waals surface area (Å²) in [6, 6.07) is 10.0. The number of esters is 1. The minimum absolute atomic E-state index is 0.0516. The van der Waals surface area contributed by atoms with Crippen LogP contribution in [0.1, 0.15) is 32.3 Å². The second-order valence-electron chi connectivity index (χ2n) is 8.47. The van der Waals surface area contributed by atoms with Crippen molar-refractivity contribution in [2.24, 2.45) is 10.9 Å². The minimum Gasteiger partial charge on any atom is -0.493 e. The van der Waals surface area contributed by atoms with Crippen molar-refractivity contribution in [1.82, 2.24) is 0 Å². The predicted octanol–water partition coefficient (Wildman–Crippen LogP) is 4.77. The van der Waals surface area contributed by atoms with E-state index in [9.17, 15) is 13.2 Å². The van der Waals surface area contributed by atoms with Gasteiger partial charge in [0, 0.05) is 18.9 Å². The molecule has 0 saturated heterocycles. The first-order valence-corrected chi connectivity index (χ1v) is 13.1. The summed E-state index contributed by atoms with van der Waals surface area (Å²) in [6.45, 7) is 5.69. The van der Waals surface area contributed by atoms with E-state index >= 15 is 0 Å². The number of hydrazone groups is 1. The molecule has 10 heteroatoms. The first kappa shape index (κ1) is 27.3. The van der Waals surface area contributed by atoms with E-state index in [1.54, 1.807) is 24.3 Å². The van der Waals surface area contributed by atoms with Gasteiger partial charge in [0.25, 0.3) is 10.0 Å². The Hall–Kier alpha value is -3.30. The van der Waals surface area contributed by atoms with Crippen LogP contribution in [0.5, 0.6) is 5.75 Å². The van der Waals surface area contributed by atoms with Gasteiger partial charge in [-0.1, -0.05) is 35.4 Å². The van der Waals surface area contributed by atoms with E-state index in [1.165, 1.54) is 31.7 Å². The lowest BCUT2D eigenvalue weighted by Gasteiger charge is -2.29. The van der Waals surface area contributed by atoms with E-state index in [2.05, 4.69) is 5.10 Å². The lowest BCUT2D eigenvalue weighted by Crippen LogP contribution is -2.44. The van der Waals surface area contributed by atoms with Crippen molar-refractivity contribution in [3.05, 3.63) is 76.3 Å².